The summed E-state index contributed by atoms with van der Waals surface area (Å²) in [6.07, 6.45) is 6.78. The standard InChI is InChI=1S/C37H49F2N6O10P/c1-35(2,3)33(49)52-20-54-56(51,55-21-53-34(50)36(4,5)6)37(38,39)24-10-12-26-23(16-24)17-28(43-26)30(46)44-27-9-7-8-25-11-13-29(45(25)32(27)48)31(47)40-15-14-22-18-41-42-19-22/h10,12,16-19,25,27,29,43H,7-9,11,13-15,20-21H2,1-6H3,(H,40,47)(H,41,42)(H,44,46)/t25?,27-,29-/m0/s1. The molecule has 56 heavy (non-hydrogen) atoms. The van der Waals surface area contributed by atoms with Gasteiger partial charge in [0.25, 0.3) is 5.91 Å². The molecule has 2 fully saturated rings. The topological polar surface area (TPSA) is 211 Å². The minimum Gasteiger partial charge on any atom is -0.438 e. The minimum absolute atomic E-state index is 0.0390. The van der Waals surface area contributed by atoms with Crippen molar-refractivity contribution >= 4 is 48.2 Å². The number of halogens is 2. The third-order valence-electron chi connectivity index (χ3n) is 9.57. The van der Waals surface area contributed by atoms with Gasteiger partial charge in [-0.3, -0.25) is 42.7 Å². The Hall–Kier alpha value is -4.67. The number of amides is 3. The van der Waals surface area contributed by atoms with Gasteiger partial charge in [0.1, 0.15) is 17.8 Å². The van der Waals surface area contributed by atoms with Gasteiger partial charge in [0.2, 0.25) is 25.4 Å². The molecule has 1 aromatic carbocycles. The number of nitrogens with zero attached hydrogens (tertiary/aromatic N) is 2. The number of nitrogens with one attached hydrogen (secondary N) is 4. The average Bonchev–Trinajstić information content (AvgIpc) is 3.88. The Labute approximate surface area is 322 Å². The maximum Gasteiger partial charge on any atom is 0.410 e. The summed E-state index contributed by atoms with van der Waals surface area (Å²) in [5.41, 5.74) is -6.10. The smallest absolute Gasteiger partial charge is 0.410 e. The minimum atomic E-state index is -5.58. The van der Waals surface area contributed by atoms with E-state index in [4.69, 9.17) is 18.5 Å². The summed E-state index contributed by atoms with van der Waals surface area (Å²) in [5, 5.41) is 12.4. The number of hydrogen-bond donors (Lipinski definition) is 4. The van der Waals surface area contributed by atoms with Crippen molar-refractivity contribution in [1.29, 1.82) is 0 Å². The van der Waals surface area contributed by atoms with Crippen molar-refractivity contribution in [2.75, 3.05) is 20.1 Å². The maximum absolute atomic E-state index is 16.2. The van der Waals surface area contributed by atoms with Crippen LogP contribution in [0.5, 0.6) is 0 Å². The highest BCUT2D eigenvalue weighted by atomic mass is 31.2. The van der Waals surface area contributed by atoms with Gasteiger partial charge in [-0.15, -0.1) is 0 Å². The number of ether oxygens (including phenoxy) is 2. The highest BCUT2D eigenvalue weighted by Gasteiger charge is 2.56. The molecule has 2 aromatic heterocycles. The summed E-state index contributed by atoms with van der Waals surface area (Å²) >= 11 is 0. The number of aromatic amines is 2. The summed E-state index contributed by atoms with van der Waals surface area (Å²) < 4.78 is 65.8. The highest BCUT2D eigenvalue weighted by Crippen LogP contribution is 2.67. The average molecular weight is 807 g/mol. The zero-order valence-electron chi connectivity index (χ0n) is 32.2. The monoisotopic (exact) mass is 806 g/mol. The second kappa shape index (κ2) is 16.8. The first-order valence-corrected chi connectivity index (χ1v) is 19.9. The number of hydrogen-bond acceptors (Lipinski definition) is 11. The number of fused-ring (bicyclic) bond motifs is 2. The maximum atomic E-state index is 16.2. The quantitative estimate of drug-likeness (QED) is 0.0938. The Morgan fingerprint density at radius 2 is 1.61 bits per heavy atom. The zero-order chi connectivity index (χ0) is 41.1. The number of esters is 2. The van der Waals surface area contributed by atoms with Crippen LogP contribution in [-0.4, -0.2) is 88.0 Å². The lowest BCUT2D eigenvalue weighted by Gasteiger charge is -2.30. The molecular formula is C37H49F2N6O10P. The third-order valence-corrected chi connectivity index (χ3v) is 11.4. The molecule has 1 unspecified atom stereocenters. The fourth-order valence-electron chi connectivity index (χ4n) is 6.38. The van der Waals surface area contributed by atoms with Gasteiger partial charge < -0.3 is 30.0 Å². The van der Waals surface area contributed by atoms with Crippen LogP contribution in [0.2, 0.25) is 0 Å². The molecule has 2 saturated heterocycles. The van der Waals surface area contributed by atoms with Crippen LogP contribution >= 0.6 is 7.60 Å². The Bertz CT molecular complexity index is 1940. The lowest BCUT2D eigenvalue weighted by atomic mass is 9.98. The molecule has 306 valence electrons. The number of aromatic nitrogens is 3. The van der Waals surface area contributed by atoms with E-state index in [1.165, 1.54) is 53.7 Å². The Balaban J connectivity index is 1.29. The fraction of sp³-hybridized carbons (Fsp3) is 0.568. The molecule has 0 spiro atoms. The van der Waals surface area contributed by atoms with Gasteiger partial charge >= 0.3 is 25.2 Å². The molecule has 16 nitrogen and oxygen atoms in total. The van der Waals surface area contributed by atoms with Crippen molar-refractivity contribution in [3.05, 3.63) is 53.5 Å². The van der Waals surface area contributed by atoms with Crippen LogP contribution in [0.15, 0.2) is 36.7 Å². The van der Waals surface area contributed by atoms with Crippen LogP contribution < -0.4 is 10.6 Å². The largest absolute Gasteiger partial charge is 0.438 e. The number of benzene rings is 1. The molecule has 0 bridgehead atoms. The van der Waals surface area contributed by atoms with Crippen molar-refractivity contribution in [2.24, 2.45) is 10.8 Å². The second-order valence-corrected chi connectivity index (χ2v) is 18.1. The molecular weight excluding hydrogens is 757 g/mol. The molecule has 3 aromatic rings. The number of carbonyl (C=O) groups excluding carboxylic acids is 5. The van der Waals surface area contributed by atoms with E-state index in [-0.39, 0.29) is 34.5 Å². The van der Waals surface area contributed by atoms with Gasteiger partial charge in [0, 0.05) is 35.2 Å². The highest BCUT2D eigenvalue weighted by molar-refractivity contribution is 7.54. The summed E-state index contributed by atoms with van der Waals surface area (Å²) in [7, 11) is -5.58. The number of rotatable bonds is 14. The van der Waals surface area contributed by atoms with Crippen LogP contribution in [0.25, 0.3) is 10.9 Å². The zero-order valence-corrected chi connectivity index (χ0v) is 33.1. The van der Waals surface area contributed by atoms with Crippen LogP contribution in [0.4, 0.5) is 8.78 Å². The summed E-state index contributed by atoms with van der Waals surface area (Å²) in [6.45, 7) is 7.19. The van der Waals surface area contributed by atoms with E-state index in [9.17, 15) is 28.5 Å². The van der Waals surface area contributed by atoms with Crippen molar-refractivity contribution in [2.45, 2.75) is 104 Å². The van der Waals surface area contributed by atoms with Crippen LogP contribution in [-0.2, 0) is 54.3 Å². The molecule has 2 aliphatic rings. The second-order valence-electron chi connectivity index (χ2n) is 16.0. The van der Waals surface area contributed by atoms with Crippen molar-refractivity contribution in [3.63, 3.8) is 0 Å². The van der Waals surface area contributed by atoms with E-state index in [2.05, 4.69) is 25.8 Å². The van der Waals surface area contributed by atoms with Crippen molar-refractivity contribution in [3.8, 4) is 0 Å². The molecule has 19 heteroatoms. The normalized spacial score (nSPS) is 19.3. The Morgan fingerprint density at radius 1 is 0.946 bits per heavy atom. The van der Waals surface area contributed by atoms with Gasteiger partial charge in [-0.05, 0) is 104 Å². The van der Waals surface area contributed by atoms with E-state index in [0.29, 0.717) is 45.1 Å². The van der Waals surface area contributed by atoms with Gasteiger partial charge in [-0.25, -0.2) is 0 Å². The van der Waals surface area contributed by atoms with Gasteiger partial charge in [-0.1, -0.05) is 6.07 Å². The molecule has 3 atom stereocenters. The van der Waals surface area contributed by atoms with E-state index in [1.807, 2.05) is 0 Å². The molecule has 0 aliphatic carbocycles. The molecule has 3 amide bonds. The number of H-pyrrole nitrogens is 2. The molecule has 0 radical (unpaired) electrons. The molecule has 0 saturated carbocycles. The first-order chi connectivity index (χ1) is 26.2. The first kappa shape index (κ1) is 42.5. The molecule has 4 heterocycles. The molecule has 4 N–H and O–H groups in total. The fourth-order valence-corrected chi connectivity index (χ4v) is 7.62. The summed E-state index contributed by atoms with van der Waals surface area (Å²) in [6, 6.07) is 2.71. The Kier molecular flexibility index (Phi) is 12.8. The van der Waals surface area contributed by atoms with Crippen LogP contribution in [0.1, 0.15) is 95.3 Å². The predicted octanol–water partition coefficient (Wildman–Crippen LogP) is 5.26. The van der Waals surface area contributed by atoms with Gasteiger partial charge in [-0.2, -0.15) is 13.9 Å². The molecule has 2 aliphatic heterocycles. The molecule has 5 rings (SSSR count). The SMILES string of the molecule is CC(C)(C)C(=O)OCOP(=O)(OCOC(=O)C(C)(C)C)C(F)(F)c1ccc2[nH]c(C(=O)N[C@H]3CCCC4CC[C@@H](C(=O)NCCc5cn[nH]c5)N4C3=O)cc2c1. The van der Waals surface area contributed by atoms with Crippen molar-refractivity contribution in [1.82, 2.24) is 30.7 Å². The summed E-state index contributed by atoms with van der Waals surface area (Å²) in [5.74, 6) is -2.95. The van der Waals surface area contributed by atoms with Gasteiger partial charge in [0.05, 0.1) is 17.0 Å². The van der Waals surface area contributed by atoms with Gasteiger partial charge in [0.15, 0.2) is 0 Å². The van der Waals surface area contributed by atoms with Crippen molar-refractivity contribution < 1.29 is 55.8 Å². The van der Waals surface area contributed by atoms with Crippen LogP contribution in [0, 0.1) is 10.8 Å². The Morgan fingerprint density at radius 3 is 2.21 bits per heavy atom. The number of carbonyl (C=O) groups is 5. The van der Waals surface area contributed by atoms with Crippen LogP contribution in [0.3, 0.4) is 0 Å². The number of alkyl halides is 2. The van der Waals surface area contributed by atoms with E-state index in [0.717, 1.165) is 17.7 Å². The van der Waals surface area contributed by atoms with E-state index < -0.39 is 73.2 Å². The predicted molar refractivity (Wildman–Crippen MR) is 197 cm³/mol. The first-order valence-electron chi connectivity index (χ1n) is 18.3. The van der Waals surface area contributed by atoms with E-state index >= 15 is 8.78 Å². The summed E-state index contributed by atoms with van der Waals surface area (Å²) in [4.78, 5) is 69.5. The lowest BCUT2D eigenvalue weighted by Crippen LogP contribution is -2.54. The third kappa shape index (κ3) is 9.64. The van der Waals surface area contributed by atoms with E-state index in [1.54, 1.807) is 17.3 Å². The lowest BCUT2D eigenvalue weighted by molar-refractivity contribution is -0.163.